The van der Waals surface area contributed by atoms with E-state index in [1.54, 1.807) is 12.3 Å². The normalized spacial score (nSPS) is 10.9. The van der Waals surface area contributed by atoms with Crippen molar-refractivity contribution in [2.24, 2.45) is 0 Å². The molecule has 0 atom stereocenters. The molecule has 0 spiro atoms. The van der Waals surface area contributed by atoms with Crippen molar-refractivity contribution < 1.29 is 9.21 Å². The molecule has 0 aliphatic heterocycles. The van der Waals surface area contributed by atoms with Crippen molar-refractivity contribution in [2.45, 2.75) is 11.7 Å². The number of anilines is 1. The average molecular weight is 504 g/mol. The molecule has 6 nitrogen and oxygen atoms in total. The molecule has 0 unspecified atom stereocenters. The van der Waals surface area contributed by atoms with E-state index in [1.165, 1.54) is 11.8 Å². The van der Waals surface area contributed by atoms with Crippen molar-refractivity contribution in [1.29, 1.82) is 0 Å². The first-order chi connectivity index (χ1) is 14.6. The van der Waals surface area contributed by atoms with Crippen LogP contribution in [0.3, 0.4) is 0 Å². The third kappa shape index (κ3) is 4.95. The number of amides is 1. The molecule has 0 radical (unpaired) electrons. The van der Waals surface area contributed by atoms with E-state index in [-0.39, 0.29) is 11.7 Å². The van der Waals surface area contributed by atoms with E-state index < -0.39 is 0 Å². The Morgan fingerprint density at radius 2 is 1.90 bits per heavy atom. The lowest BCUT2D eigenvalue weighted by atomic mass is 10.2. The highest BCUT2D eigenvalue weighted by Gasteiger charge is 2.18. The Morgan fingerprint density at radius 1 is 1.10 bits per heavy atom. The molecule has 9 heteroatoms. The summed E-state index contributed by atoms with van der Waals surface area (Å²) in [5, 5.41) is 12.7. The molecule has 0 aliphatic carbocycles. The zero-order valence-electron chi connectivity index (χ0n) is 15.6. The van der Waals surface area contributed by atoms with E-state index in [0.29, 0.717) is 22.5 Å². The summed E-state index contributed by atoms with van der Waals surface area (Å²) in [4.78, 5) is 12.4. The summed E-state index contributed by atoms with van der Waals surface area (Å²) < 4.78 is 8.35. The maximum absolute atomic E-state index is 12.4. The van der Waals surface area contributed by atoms with Crippen molar-refractivity contribution in [3.05, 3.63) is 82.2 Å². The SMILES string of the molecule is O=C(CSc1nnc(-c2ccccc2Cl)n1Cc1ccco1)Nc1ccc(Br)cc1. The van der Waals surface area contributed by atoms with Crippen LogP contribution >= 0.6 is 39.3 Å². The van der Waals surface area contributed by atoms with Crippen LogP contribution in [0.2, 0.25) is 5.02 Å². The fourth-order valence-electron chi connectivity index (χ4n) is 2.80. The molecule has 152 valence electrons. The van der Waals surface area contributed by atoms with Gasteiger partial charge in [-0.3, -0.25) is 9.36 Å². The highest BCUT2D eigenvalue weighted by atomic mass is 79.9. The van der Waals surface area contributed by atoms with E-state index in [2.05, 4.69) is 31.4 Å². The molecule has 1 amide bonds. The van der Waals surface area contributed by atoms with Crippen LogP contribution in [0.25, 0.3) is 11.4 Å². The second-order valence-corrected chi connectivity index (χ2v) is 8.56. The maximum atomic E-state index is 12.4. The van der Waals surface area contributed by atoms with Gasteiger partial charge in [-0.05, 0) is 48.5 Å². The van der Waals surface area contributed by atoms with Crippen molar-refractivity contribution in [1.82, 2.24) is 14.8 Å². The number of furan rings is 1. The highest BCUT2D eigenvalue weighted by molar-refractivity contribution is 9.10. The summed E-state index contributed by atoms with van der Waals surface area (Å²) >= 11 is 11.1. The standard InChI is InChI=1S/C21H16BrClN4O2S/c22-14-7-9-15(10-8-14)24-19(28)13-30-21-26-25-20(17-5-1-2-6-18(17)23)27(21)12-16-4-3-11-29-16/h1-11H,12-13H2,(H,24,28). The van der Waals surface area contributed by atoms with Gasteiger partial charge in [-0.25, -0.2) is 0 Å². The number of carbonyl (C=O) groups is 1. The van der Waals surface area contributed by atoms with Crippen LogP contribution < -0.4 is 5.32 Å². The van der Waals surface area contributed by atoms with E-state index in [1.807, 2.05) is 59.2 Å². The van der Waals surface area contributed by atoms with E-state index >= 15 is 0 Å². The second-order valence-electron chi connectivity index (χ2n) is 6.30. The minimum absolute atomic E-state index is 0.130. The third-order valence-electron chi connectivity index (χ3n) is 4.19. The summed E-state index contributed by atoms with van der Waals surface area (Å²) in [5.41, 5.74) is 1.50. The number of benzene rings is 2. The van der Waals surface area contributed by atoms with Crippen LogP contribution in [0.4, 0.5) is 5.69 Å². The third-order valence-corrected chi connectivity index (χ3v) is 6.01. The monoisotopic (exact) mass is 502 g/mol. The number of hydrogen-bond acceptors (Lipinski definition) is 5. The van der Waals surface area contributed by atoms with Gasteiger partial charge in [-0.15, -0.1) is 10.2 Å². The van der Waals surface area contributed by atoms with Crippen molar-refractivity contribution in [3.8, 4) is 11.4 Å². The molecule has 0 saturated carbocycles. The molecular weight excluding hydrogens is 488 g/mol. The largest absolute Gasteiger partial charge is 0.467 e. The van der Waals surface area contributed by atoms with Crippen molar-refractivity contribution >= 4 is 50.9 Å². The molecule has 2 heterocycles. The Hall–Kier alpha value is -2.55. The highest BCUT2D eigenvalue weighted by Crippen LogP contribution is 2.30. The Morgan fingerprint density at radius 3 is 2.63 bits per heavy atom. The lowest BCUT2D eigenvalue weighted by molar-refractivity contribution is -0.113. The van der Waals surface area contributed by atoms with Crippen LogP contribution in [0, 0.1) is 0 Å². The predicted octanol–water partition coefficient (Wildman–Crippen LogP) is 5.73. The van der Waals surface area contributed by atoms with Gasteiger partial charge in [0, 0.05) is 15.7 Å². The van der Waals surface area contributed by atoms with Crippen LogP contribution in [-0.2, 0) is 11.3 Å². The Balaban J connectivity index is 1.54. The van der Waals surface area contributed by atoms with Gasteiger partial charge in [-0.1, -0.05) is 51.4 Å². The number of hydrogen-bond donors (Lipinski definition) is 1. The molecule has 2 aromatic carbocycles. The van der Waals surface area contributed by atoms with Gasteiger partial charge in [0.05, 0.1) is 23.6 Å². The molecule has 0 saturated heterocycles. The van der Waals surface area contributed by atoms with E-state index in [9.17, 15) is 4.79 Å². The number of carbonyl (C=O) groups excluding carboxylic acids is 1. The fourth-order valence-corrected chi connectivity index (χ4v) is 4.02. The predicted molar refractivity (Wildman–Crippen MR) is 122 cm³/mol. The number of rotatable bonds is 7. The molecule has 0 aliphatic rings. The van der Waals surface area contributed by atoms with Gasteiger partial charge in [-0.2, -0.15) is 0 Å². The molecule has 4 rings (SSSR count). The maximum Gasteiger partial charge on any atom is 0.234 e. The van der Waals surface area contributed by atoms with Gasteiger partial charge in [0.1, 0.15) is 5.76 Å². The van der Waals surface area contributed by atoms with Crippen molar-refractivity contribution in [2.75, 3.05) is 11.1 Å². The molecule has 4 aromatic rings. The van der Waals surface area contributed by atoms with E-state index in [0.717, 1.165) is 21.5 Å². The molecule has 2 aromatic heterocycles. The minimum Gasteiger partial charge on any atom is -0.467 e. The summed E-state index contributed by atoms with van der Waals surface area (Å²) in [5.74, 6) is 1.43. The first-order valence-corrected chi connectivity index (χ1v) is 11.1. The zero-order chi connectivity index (χ0) is 20.9. The summed E-state index contributed by atoms with van der Waals surface area (Å²) in [6, 6.07) is 18.6. The number of nitrogens with one attached hydrogen (secondary N) is 1. The van der Waals surface area contributed by atoms with Crippen LogP contribution in [0.1, 0.15) is 5.76 Å². The summed E-state index contributed by atoms with van der Waals surface area (Å²) in [6.45, 7) is 0.428. The summed E-state index contributed by atoms with van der Waals surface area (Å²) in [7, 11) is 0. The number of halogens is 2. The van der Waals surface area contributed by atoms with Crippen molar-refractivity contribution in [3.63, 3.8) is 0 Å². The smallest absolute Gasteiger partial charge is 0.234 e. The molecule has 1 N–H and O–H groups in total. The topological polar surface area (TPSA) is 73.0 Å². The van der Waals surface area contributed by atoms with Gasteiger partial charge in [0.25, 0.3) is 0 Å². The molecule has 0 fully saturated rings. The lowest BCUT2D eigenvalue weighted by Gasteiger charge is -2.10. The molecule has 30 heavy (non-hydrogen) atoms. The number of nitrogens with zero attached hydrogens (tertiary/aromatic N) is 3. The molecule has 0 bridgehead atoms. The lowest BCUT2D eigenvalue weighted by Crippen LogP contribution is -2.14. The van der Waals surface area contributed by atoms with Gasteiger partial charge in [0.15, 0.2) is 11.0 Å². The Labute approximate surface area is 190 Å². The average Bonchev–Trinajstić information content (AvgIpc) is 3.39. The molecular formula is C21H16BrClN4O2S. The quantitative estimate of drug-likeness (QED) is 0.326. The van der Waals surface area contributed by atoms with Crippen LogP contribution in [0.15, 0.2) is 81.0 Å². The Kier molecular flexibility index (Phi) is 6.56. The Bertz CT molecular complexity index is 1150. The summed E-state index contributed by atoms with van der Waals surface area (Å²) in [6.07, 6.45) is 1.62. The van der Waals surface area contributed by atoms with Gasteiger partial charge < -0.3 is 9.73 Å². The number of thioether (sulfide) groups is 1. The second kappa shape index (κ2) is 9.51. The van der Waals surface area contributed by atoms with E-state index in [4.69, 9.17) is 16.0 Å². The van der Waals surface area contributed by atoms with Gasteiger partial charge >= 0.3 is 0 Å². The fraction of sp³-hybridized carbons (Fsp3) is 0.0952. The zero-order valence-corrected chi connectivity index (χ0v) is 18.7. The minimum atomic E-state index is -0.130. The first kappa shape index (κ1) is 20.7. The van der Waals surface area contributed by atoms with Crippen LogP contribution in [0.5, 0.6) is 0 Å². The number of aromatic nitrogens is 3. The van der Waals surface area contributed by atoms with Crippen LogP contribution in [-0.4, -0.2) is 26.4 Å². The first-order valence-electron chi connectivity index (χ1n) is 8.99. The van der Waals surface area contributed by atoms with Gasteiger partial charge in [0.2, 0.25) is 5.91 Å².